The van der Waals surface area contributed by atoms with E-state index in [0.29, 0.717) is 19.3 Å². The molecule has 0 radical (unpaired) electrons. The number of unbranched alkanes of at least 4 members (excludes halogenated alkanes) is 28. The van der Waals surface area contributed by atoms with Crippen molar-refractivity contribution in [1.29, 1.82) is 0 Å². The first-order chi connectivity index (χ1) is 36.0. The van der Waals surface area contributed by atoms with Gasteiger partial charge in [-0.25, -0.2) is 0 Å². The van der Waals surface area contributed by atoms with Crippen LogP contribution in [0.1, 0.15) is 290 Å². The van der Waals surface area contributed by atoms with Crippen molar-refractivity contribution in [2.45, 2.75) is 297 Å². The van der Waals surface area contributed by atoms with E-state index in [9.17, 15) is 14.4 Å². The van der Waals surface area contributed by atoms with Crippen LogP contribution in [0.2, 0.25) is 0 Å². The Labute approximate surface area is 451 Å². The predicted octanol–water partition coefficient (Wildman–Crippen LogP) is 20.9. The molecule has 0 N–H and O–H groups in total. The second kappa shape index (κ2) is 60.9. The average Bonchev–Trinajstić information content (AvgIpc) is 3.39. The third-order valence-electron chi connectivity index (χ3n) is 13.0. The highest BCUT2D eigenvalue weighted by molar-refractivity contribution is 5.71. The van der Waals surface area contributed by atoms with Crippen molar-refractivity contribution in [1.82, 2.24) is 0 Å². The number of hydrogen-bond acceptors (Lipinski definition) is 6. The number of carbonyl (C=O) groups is 3. The molecular formula is C67H114O6. The first-order valence-corrected chi connectivity index (χ1v) is 30.7. The Morgan fingerprint density at radius 2 is 0.548 bits per heavy atom. The quantitative estimate of drug-likeness (QED) is 0.0261. The van der Waals surface area contributed by atoms with Crippen LogP contribution in [0, 0.1) is 0 Å². The maximum Gasteiger partial charge on any atom is 0.306 e. The topological polar surface area (TPSA) is 78.9 Å². The van der Waals surface area contributed by atoms with E-state index in [0.717, 1.165) is 103 Å². The van der Waals surface area contributed by atoms with Crippen LogP contribution in [0.5, 0.6) is 0 Å². The van der Waals surface area contributed by atoms with Crippen molar-refractivity contribution in [3.63, 3.8) is 0 Å². The largest absolute Gasteiger partial charge is 0.462 e. The van der Waals surface area contributed by atoms with Gasteiger partial charge in [0.05, 0.1) is 0 Å². The average molecular weight is 1020 g/mol. The van der Waals surface area contributed by atoms with Gasteiger partial charge < -0.3 is 14.2 Å². The smallest absolute Gasteiger partial charge is 0.306 e. The first-order valence-electron chi connectivity index (χ1n) is 30.7. The van der Waals surface area contributed by atoms with E-state index in [1.54, 1.807) is 0 Å². The van der Waals surface area contributed by atoms with Crippen molar-refractivity contribution < 1.29 is 28.6 Å². The van der Waals surface area contributed by atoms with Gasteiger partial charge in [-0.1, -0.05) is 253 Å². The van der Waals surface area contributed by atoms with E-state index >= 15 is 0 Å². The summed E-state index contributed by atoms with van der Waals surface area (Å²) in [6, 6.07) is 0. The summed E-state index contributed by atoms with van der Waals surface area (Å²) in [5, 5.41) is 0. The monoisotopic (exact) mass is 1010 g/mol. The molecule has 418 valence electrons. The third-order valence-corrected chi connectivity index (χ3v) is 13.0. The van der Waals surface area contributed by atoms with E-state index in [1.807, 2.05) is 0 Å². The molecule has 0 fully saturated rings. The fourth-order valence-electron chi connectivity index (χ4n) is 8.44. The molecule has 0 saturated heterocycles. The Bertz CT molecular complexity index is 1440. The lowest BCUT2D eigenvalue weighted by Crippen LogP contribution is -2.30. The molecule has 0 aliphatic carbocycles. The third kappa shape index (κ3) is 59.1. The normalized spacial score (nSPS) is 12.8. The summed E-state index contributed by atoms with van der Waals surface area (Å²) in [6.45, 7) is 6.46. The van der Waals surface area contributed by atoms with Crippen molar-refractivity contribution in [3.8, 4) is 0 Å². The predicted molar refractivity (Wildman–Crippen MR) is 316 cm³/mol. The van der Waals surface area contributed by atoms with Gasteiger partial charge in [-0.05, 0) is 116 Å². The first kappa shape index (κ1) is 69.3. The lowest BCUT2D eigenvalue weighted by atomic mass is 10.0. The van der Waals surface area contributed by atoms with Gasteiger partial charge >= 0.3 is 17.9 Å². The van der Waals surface area contributed by atoms with Gasteiger partial charge in [-0.15, -0.1) is 0 Å². The summed E-state index contributed by atoms with van der Waals surface area (Å²) in [5.74, 6) is -0.973. The molecule has 0 aliphatic rings. The Hall–Kier alpha value is -3.67. The summed E-state index contributed by atoms with van der Waals surface area (Å²) in [7, 11) is 0. The molecule has 0 amide bonds. The summed E-state index contributed by atoms with van der Waals surface area (Å²) < 4.78 is 16.8. The SMILES string of the molecule is CC/C=C\C/C=C\C/C=C\C/C=C\C/C=C\CCCC(=O)OC(COC(=O)CCCCCCC/C=C\C/C=C\CCCCC)COC(=O)CCCCCCCCCCCCC/C=C\CCCCCCCCCC. The highest BCUT2D eigenvalue weighted by Crippen LogP contribution is 2.15. The van der Waals surface area contributed by atoms with Crippen LogP contribution in [0.15, 0.2) is 97.2 Å². The Balaban J connectivity index is 4.42. The maximum atomic E-state index is 12.9. The number of carbonyl (C=O) groups excluding carboxylic acids is 3. The van der Waals surface area contributed by atoms with Crippen LogP contribution < -0.4 is 0 Å². The summed E-state index contributed by atoms with van der Waals surface area (Å²) in [6.07, 6.45) is 81.3. The lowest BCUT2D eigenvalue weighted by molar-refractivity contribution is -0.167. The van der Waals surface area contributed by atoms with E-state index in [2.05, 4.69) is 118 Å². The molecule has 6 nitrogen and oxygen atoms in total. The zero-order valence-corrected chi connectivity index (χ0v) is 47.9. The highest BCUT2D eigenvalue weighted by atomic mass is 16.6. The maximum absolute atomic E-state index is 12.9. The molecule has 0 aromatic carbocycles. The van der Waals surface area contributed by atoms with Crippen LogP contribution in [-0.2, 0) is 28.6 Å². The molecule has 1 atom stereocenters. The molecule has 6 heteroatoms. The number of esters is 3. The van der Waals surface area contributed by atoms with Gasteiger partial charge in [-0.2, -0.15) is 0 Å². The zero-order chi connectivity index (χ0) is 52.9. The van der Waals surface area contributed by atoms with Crippen LogP contribution in [0.4, 0.5) is 0 Å². The molecule has 0 spiro atoms. The van der Waals surface area contributed by atoms with Crippen molar-refractivity contribution >= 4 is 17.9 Å². The molecule has 0 saturated carbocycles. The molecular weight excluding hydrogens is 901 g/mol. The van der Waals surface area contributed by atoms with Gasteiger partial charge in [0.15, 0.2) is 6.10 Å². The highest BCUT2D eigenvalue weighted by Gasteiger charge is 2.19. The zero-order valence-electron chi connectivity index (χ0n) is 47.9. The van der Waals surface area contributed by atoms with Gasteiger partial charge in [0, 0.05) is 19.3 Å². The minimum absolute atomic E-state index is 0.105. The van der Waals surface area contributed by atoms with Crippen molar-refractivity contribution in [2.24, 2.45) is 0 Å². The fourth-order valence-corrected chi connectivity index (χ4v) is 8.44. The summed E-state index contributed by atoms with van der Waals surface area (Å²) in [4.78, 5) is 38.2. The second-order valence-corrected chi connectivity index (χ2v) is 20.2. The second-order valence-electron chi connectivity index (χ2n) is 20.2. The molecule has 0 rings (SSSR count). The molecule has 0 bridgehead atoms. The van der Waals surface area contributed by atoms with Gasteiger partial charge in [0.2, 0.25) is 0 Å². The molecule has 0 aliphatic heterocycles. The number of allylic oxidation sites excluding steroid dienone is 16. The van der Waals surface area contributed by atoms with Crippen LogP contribution in [-0.4, -0.2) is 37.2 Å². The molecule has 0 aromatic rings. The Morgan fingerprint density at radius 3 is 0.918 bits per heavy atom. The van der Waals surface area contributed by atoms with Gasteiger partial charge in [0.25, 0.3) is 0 Å². The summed E-state index contributed by atoms with van der Waals surface area (Å²) in [5.41, 5.74) is 0. The summed E-state index contributed by atoms with van der Waals surface area (Å²) >= 11 is 0. The van der Waals surface area contributed by atoms with E-state index in [1.165, 1.54) is 141 Å². The van der Waals surface area contributed by atoms with E-state index < -0.39 is 6.10 Å². The van der Waals surface area contributed by atoms with Crippen LogP contribution in [0.3, 0.4) is 0 Å². The van der Waals surface area contributed by atoms with Crippen LogP contribution in [0.25, 0.3) is 0 Å². The van der Waals surface area contributed by atoms with Crippen molar-refractivity contribution in [3.05, 3.63) is 97.2 Å². The van der Waals surface area contributed by atoms with Crippen molar-refractivity contribution in [2.75, 3.05) is 13.2 Å². The molecule has 0 aromatic heterocycles. The standard InChI is InChI=1S/C67H114O6/c1-4-7-10-13-16-19-22-25-28-30-31-32-33-34-35-37-39-42-45-48-51-54-57-60-66(69)72-63-64(62-71-65(68)59-56-53-50-47-44-41-38-27-24-21-18-15-12-9-6-3)73-67(70)61-58-55-52-49-46-43-40-36-29-26-23-20-17-14-11-8-5-2/h8,11,17-18,20-21,26-27,29-31,38,40,43,49,52,64H,4-7,9-10,12-16,19,22-25,28,32-37,39,41-42,44-48,50-51,53-63H2,1-3H3/b11-8-,20-17-,21-18-,29-26-,31-30-,38-27-,43-40-,52-49-. The molecule has 1 unspecified atom stereocenters. The van der Waals surface area contributed by atoms with Gasteiger partial charge in [0.1, 0.15) is 13.2 Å². The Morgan fingerprint density at radius 1 is 0.288 bits per heavy atom. The molecule has 0 heterocycles. The van der Waals surface area contributed by atoms with E-state index in [-0.39, 0.29) is 37.5 Å². The Kier molecular flexibility index (Phi) is 57.8. The lowest BCUT2D eigenvalue weighted by Gasteiger charge is -2.18. The number of ether oxygens (including phenoxy) is 3. The number of rotatable bonds is 55. The minimum atomic E-state index is -0.815. The van der Waals surface area contributed by atoms with Gasteiger partial charge in [-0.3, -0.25) is 14.4 Å². The minimum Gasteiger partial charge on any atom is -0.462 e. The fraction of sp³-hybridized carbons (Fsp3) is 0.716. The number of hydrogen-bond donors (Lipinski definition) is 0. The van der Waals surface area contributed by atoms with E-state index in [4.69, 9.17) is 14.2 Å². The van der Waals surface area contributed by atoms with Crippen LogP contribution >= 0.6 is 0 Å². The molecule has 73 heavy (non-hydrogen) atoms.